The molecule has 1 aliphatic heterocycles. The van der Waals surface area contributed by atoms with Crippen molar-refractivity contribution in [1.29, 1.82) is 0 Å². The molecule has 3 aromatic rings. The van der Waals surface area contributed by atoms with E-state index in [0.717, 1.165) is 22.7 Å². The topological polar surface area (TPSA) is 63.2 Å². The molecule has 0 fully saturated rings. The Morgan fingerprint density at radius 1 is 1.00 bits per heavy atom. The SMILES string of the molecule is COc1ccc(C2=NN(c3ccccc3)C(COC(=O)Nc3ccccc3)C2)cc1. The van der Waals surface area contributed by atoms with Crippen LogP contribution in [0.5, 0.6) is 5.75 Å². The van der Waals surface area contributed by atoms with Gasteiger partial charge in [-0.25, -0.2) is 4.79 Å². The van der Waals surface area contributed by atoms with Crippen molar-refractivity contribution in [1.82, 2.24) is 0 Å². The molecule has 0 aromatic heterocycles. The first kappa shape index (κ1) is 19.5. The van der Waals surface area contributed by atoms with E-state index < -0.39 is 6.09 Å². The number of carbonyl (C=O) groups is 1. The Morgan fingerprint density at radius 2 is 1.67 bits per heavy atom. The molecule has 1 amide bonds. The molecule has 152 valence electrons. The van der Waals surface area contributed by atoms with Gasteiger partial charge in [-0.05, 0) is 54.1 Å². The summed E-state index contributed by atoms with van der Waals surface area (Å²) in [6, 6.07) is 26.9. The molecule has 0 saturated carbocycles. The zero-order chi connectivity index (χ0) is 20.8. The van der Waals surface area contributed by atoms with Crippen LogP contribution in [0.25, 0.3) is 0 Å². The highest BCUT2D eigenvalue weighted by molar-refractivity contribution is 6.03. The van der Waals surface area contributed by atoms with Crippen LogP contribution in [-0.4, -0.2) is 31.6 Å². The Labute approximate surface area is 175 Å². The molecule has 6 nitrogen and oxygen atoms in total. The van der Waals surface area contributed by atoms with Crippen molar-refractivity contribution in [3.63, 3.8) is 0 Å². The fraction of sp³-hybridized carbons (Fsp3) is 0.167. The lowest BCUT2D eigenvalue weighted by molar-refractivity contribution is 0.154. The number of nitrogens with one attached hydrogen (secondary N) is 1. The van der Waals surface area contributed by atoms with Crippen LogP contribution in [0.15, 0.2) is 90.0 Å². The van der Waals surface area contributed by atoms with Gasteiger partial charge in [0.2, 0.25) is 0 Å². The van der Waals surface area contributed by atoms with Gasteiger partial charge in [-0.1, -0.05) is 36.4 Å². The third kappa shape index (κ3) is 4.60. The van der Waals surface area contributed by atoms with E-state index >= 15 is 0 Å². The quantitative estimate of drug-likeness (QED) is 0.636. The predicted molar refractivity (Wildman–Crippen MR) is 118 cm³/mol. The van der Waals surface area contributed by atoms with E-state index in [1.807, 2.05) is 89.9 Å². The van der Waals surface area contributed by atoms with E-state index in [1.165, 1.54) is 0 Å². The molecular weight excluding hydrogens is 378 g/mol. The maximum atomic E-state index is 12.2. The molecule has 1 atom stereocenters. The van der Waals surface area contributed by atoms with Gasteiger partial charge in [0.25, 0.3) is 0 Å². The number of hydrogen-bond donors (Lipinski definition) is 1. The Bertz CT molecular complexity index is 1000. The first-order valence-electron chi connectivity index (χ1n) is 9.78. The van der Waals surface area contributed by atoms with Crippen molar-refractivity contribution in [2.45, 2.75) is 12.5 Å². The van der Waals surface area contributed by atoms with Gasteiger partial charge in [0.15, 0.2) is 0 Å². The molecule has 1 N–H and O–H groups in total. The minimum Gasteiger partial charge on any atom is -0.497 e. The lowest BCUT2D eigenvalue weighted by atomic mass is 10.0. The fourth-order valence-electron chi connectivity index (χ4n) is 3.35. The second-order valence-corrected chi connectivity index (χ2v) is 6.90. The number of ether oxygens (including phenoxy) is 2. The van der Waals surface area contributed by atoms with E-state index in [0.29, 0.717) is 12.1 Å². The van der Waals surface area contributed by atoms with Gasteiger partial charge in [-0.15, -0.1) is 0 Å². The van der Waals surface area contributed by atoms with E-state index in [-0.39, 0.29) is 12.6 Å². The summed E-state index contributed by atoms with van der Waals surface area (Å²) in [5.41, 5.74) is 3.62. The molecule has 0 saturated heterocycles. The van der Waals surface area contributed by atoms with Crippen LogP contribution in [-0.2, 0) is 4.74 Å². The number of hydrogen-bond acceptors (Lipinski definition) is 5. The van der Waals surface area contributed by atoms with E-state index in [9.17, 15) is 4.79 Å². The summed E-state index contributed by atoms with van der Waals surface area (Å²) in [6.07, 6.45) is 0.187. The molecule has 0 aliphatic carbocycles. The molecule has 4 rings (SSSR count). The van der Waals surface area contributed by atoms with Crippen LogP contribution >= 0.6 is 0 Å². The second kappa shape index (κ2) is 9.13. The molecule has 0 radical (unpaired) electrons. The zero-order valence-corrected chi connectivity index (χ0v) is 16.7. The number of para-hydroxylation sites is 2. The zero-order valence-electron chi connectivity index (χ0n) is 16.7. The van der Waals surface area contributed by atoms with Crippen molar-refractivity contribution in [3.8, 4) is 5.75 Å². The summed E-state index contributed by atoms with van der Waals surface area (Å²) in [7, 11) is 1.65. The maximum Gasteiger partial charge on any atom is 0.411 e. The van der Waals surface area contributed by atoms with Crippen molar-refractivity contribution in [3.05, 3.63) is 90.5 Å². The number of carbonyl (C=O) groups excluding carboxylic acids is 1. The van der Waals surface area contributed by atoms with E-state index in [4.69, 9.17) is 14.6 Å². The molecule has 1 heterocycles. The van der Waals surface area contributed by atoms with E-state index in [2.05, 4.69) is 5.32 Å². The van der Waals surface area contributed by atoms with Crippen LogP contribution in [0, 0.1) is 0 Å². The first-order valence-corrected chi connectivity index (χ1v) is 9.78. The normalized spacial score (nSPS) is 15.4. The van der Waals surface area contributed by atoms with Gasteiger partial charge >= 0.3 is 6.09 Å². The van der Waals surface area contributed by atoms with Gasteiger partial charge in [0, 0.05) is 12.1 Å². The van der Waals surface area contributed by atoms with Gasteiger partial charge in [-0.2, -0.15) is 5.10 Å². The minimum absolute atomic E-state index is 0.0916. The smallest absolute Gasteiger partial charge is 0.411 e. The summed E-state index contributed by atoms with van der Waals surface area (Å²) in [6.45, 7) is 0.219. The number of hydrazone groups is 1. The van der Waals surface area contributed by atoms with Gasteiger partial charge < -0.3 is 9.47 Å². The lowest BCUT2D eigenvalue weighted by Gasteiger charge is -2.23. The number of benzene rings is 3. The number of anilines is 2. The third-order valence-electron chi connectivity index (χ3n) is 4.87. The average Bonchev–Trinajstić information content (AvgIpc) is 3.23. The van der Waals surface area contributed by atoms with Crippen LogP contribution < -0.4 is 15.1 Å². The van der Waals surface area contributed by atoms with Crippen LogP contribution in [0.2, 0.25) is 0 Å². The lowest BCUT2D eigenvalue weighted by Crippen LogP contribution is -2.33. The first-order chi connectivity index (χ1) is 14.7. The predicted octanol–water partition coefficient (Wildman–Crippen LogP) is 4.93. The summed E-state index contributed by atoms with van der Waals surface area (Å²) in [5.74, 6) is 0.801. The highest BCUT2D eigenvalue weighted by Gasteiger charge is 2.29. The molecule has 3 aromatic carbocycles. The Morgan fingerprint density at radius 3 is 2.33 bits per heavy atom. The van der Waals surface area contributed by atoms with Crippen molar-refractivity contribution in [2.24, 2.45) is 5.10 Å². The Balaban J connectivity index is 1.47. The Kier molecular flexibility index (Phi) is 5.94. The molecule has 0 spiro atoms. The summed E-state index contributed by atoms with van der Waals surface area (Å²) in [4.78, 5) is 12.2. The number of rotatable bonds is 6. The molecule has 30 heavy (non-hydrogen) atoms. The number of amides is 1. The molecule has 0 bridgehead atoms. The third-order valence-corrected chi connectivity index (χ3v) is 4.87. The van der Waals surface area contributed by atoms with Crippen LogP contribution in [0.1, 0.15) is 12.0 Å². The van der Waals surface area contributed by atoms with Gasteiger partial charge in [0.05, 0.1) is 24.6 Å². The molecular formula is C24H23N3O3. The average molecular weight is 401 g/mol. The fourth-order valence-corrected chi connectivity index (χ4v) is 3.35. The number of nitrogens with zero attached hydrogens (tertiary/aromatic N) is 2. The molecule has 1 aliphatic rings. The maximum absolute atomic E-state index is 12.2. The summed E-state index contributed by atoms with van der Waals surface area (Å²) < 4.78 is 10.8. The standard InChI is InChI=1S/C24H23N3O3/c1-29-22-14-12-18(13-15-22)23-16-21(27(26-23)20-10-6-3-7-11-20)17-30-24(28)25-19-8-4-2-5-9-19/h2-15,21H,16-17H2,1H3,(H,25,28). The largest absolute Gasteiger partial charge is 0.497 e. The highest BCUT2D eigenvalue weighted by Crippen LogP contribution is 2.27. The summed E-state index contributed by atoms with van der Waals surface area (Å²) >= 11 is 0. The highest BCUT2D eigenvalue weighted by atomic mass is 16.5. The molecule has 1 unspecified atom stereocenters. The monoisotopic (exact) mass is 401 g/mol. The van der Waals surface area contributed by atoms with Crippen LogP contribution in [0.3, 0.4) is 0 Å². The summed E-state index contributed by atoms with van der Waals surface area (Å²) in [5, 5.41) is 9.50. The molecule has 6 heteroatoms. The van der Waals surface area contributed by atoms with Crippen molar-refractivity contribution >= 4 is 23.2 Å². The van der Waals surface area contributed by atoms with E-state index in [1.54, 1.807) is 7.11 Å². The van der Waals surface area contributed by atoms with Crippen molar-refractivity contribution in [2.75, 3.05) is 24.0 Å². The van der Waals surface area contributed by atoms with Crippen LogP contribution in [0.4, 0.5) is 16.2 Å². The Hall–Kier alpha value is -3.80. The second-order valence-electron chi connectivity index (χ2n) is 6.90. The minimum atomic E-state index is -0.480. The number of methoxy groups -OCH3 is 1. The van der Waals surface area contributed by atoms with Crippen molar-refractivity contribution < 1.29 is 14.3 Å². The van der Waals surface area contributed by atoms with Gasteiger partial charge in [0.1, 0.15) is 12.4 Å². The van der Waals surface area contributed by atoms with Gasteiger partial charge in [-0.3, -0.25) is 10.3 Å².